The Morgan fingerprint density at radius 1 is 1.03 bits per heavy atom. The van der Waals surface area contributed by atoms with Gasteiger partial charge in [0.05, 0.1) is 4.90 Å². The van der Waals surface area contributed by atoms with Gasteiger partial charge in [-0.05, 0) is 68.7 Å². The van der Waals surface area contributed by atoms with Gasteiger partial charge >= 0.3 is 0 Å². The number of aryl methyl sites for hydroxylation is 1. The van der Waals surface area contributed by atoms with Crippen LogP contribution in [0.2, 0.25) is 5.02 Å². The maximum Gasteiger partial charge on any atom is 0.260 e. The van der Waals surface area contributed by atoms with Crippen molar-refractivity contribution in [2.45, 2.75) is 63.0 Å². The second kappa shape index (κ2) is 11.2. The van der Waals surface area contributed by atoms with Crippen molar-refractivity contribution in [3.63, 3.8) is 0 Å². The van der Waals surface area contributed by atoms with Crippen LogP contribution in [0.1, 0.15) is 44.6 Å². The number of halogens is 1. The maximum atomic E-state index is 13.2. The number of benzene rings is 2. The molecule has 9 heteroatoms. The molecule has 0 unspecified atom stereocenters. The van der Waals surface area contributed by atoms with Gasteiger partial charge in [-0.2, -0.15) is 4.31 Å². The summed E-state index contributed by atoms with van der Waals surface area (Å²) in [6, 6.07) is 12.3. The Labute approximate surface area is 213 Å². The molecule has 0 aromatic heterocycles. The van der Waals surface area contributed by atoms with Gasteiger partial charge in [-0.25, -0.2) is 8.42 Å². The normalized spacial score (nSPS) is 18.8. The van der Waals surface area contributed by atoms with E-state index < -0.39 is 16.1 Å². The van der Waals surface area contributed by atoms with Crippen LogP contribution in [0.4, 0.5) is 5.69 Å². The van der Waals surface area contributed by atoms with Gasteiger partial charge in [-0.15, -0.1) is 0 Å². The zero-order valence-corrected chi connectivity index (χ0v) is 21.9. The molecule has 1 N–H and O–H groups in total. The highest BCUT2D eigenvalue weighted by Gasteiger charge is 2.29. The first-order valence-electron chi connectivity index (χ1n) is 12.3. The lowest BCUT2D eigenvalue weighted by Crippen LogP contribution is -2.48. The average Bonchev–Trinajstić information content (AvgIpc) is 2.86. The molecule has 1 heterocycles. The lowest BCUT2D eigenvalue weighted by atomic mass is 9.95. The van der Waals surface area contributed by atoms with E-state index in [-0.39, 0.29) is 16.8 Å². The molecule has 1 atom stereocenters. The third kappa shape index (κ3) is 6.29. The van der Waals surface area contributed by atoms with Crippen molar-refractivity contribution in [1.82, 2.24) is 9.62 Å². The number of anilines is 1. The predicted molar refractivity (Wildman–Crippen MR) is 139 cm³/mol. The number of ether oxygens (including phenoxy) is 1. The molecule has 0 bridgehead atoms. The molecule has 1 saturated heterocycles. The Morgan fingerprint density at radius 3 is 2.34 bits per heavy atom. The number of nitrogens with zero attached hydrogens (tertiary/aromatic N) is 2. The molecule has 1 aliphatic heterocycles. The highest BCUT2D eigenvalue weighted by atomic mass is 35.5. The molecule has 2 fully saturated rings. The number of sulfonamides is 1. The molecular formula is C26H34ClN3O4S. The number of carbonyl (C=O) groups is 1. The Morgan fingerprint density at radius 2 is 1.69 bits per heavy atom. The predicted octanol–water partition coefficient (Wildman–Crippen LogP) is 4.38. The molecule has 2 aromatic rings. The van der Waals surface area contributed by atoms with E-state index in [9.17, 15) is 13.2 Å². The molecule has 0 radical (unpaired) electrons. The van der Waals surface area contributed by atoms with Gasteiger partial charge < -0.3 is 15.0 Å². The second-order valence-corrected chi connectivity index (χ2v) is 11.8. The van der Waals surface area contributed by atoms with Crippen LogP contribution in [0, 0.1) is 6.92 Å². The summed E-state index contributed by atoms with van der Waals surface area (Å²) >= 11 is 6.16. The van der Waals surface area contributed by atoms with E-state index in [1.54, 1.807) is 31.2 Å². The van der Waals surface area contributed by atoms with Gasteiger partial charge in [0.15, 0.2) is 6.10 Å². The Balaban J connectivity index is 1.33. The van der Waals surface area contributed by atoms with Crippen molar-refractivity contribution in [3.8, 4) is 5.75 Å². The summed E-state index contributed by atoms with van der Waals surface area (Å²) < 4.78 is 33.7. The third-order valence-electron chi connectivity index (χ3n) is 6.85. The van der Waals surface area contributed by atoms with Gasteiger partial charge in [0.25, 0.3) is 5.91 Å². The molecule has 0 spiro atoms. The lowest BCUT2D eigenvalue weighted by molar-refractivity contribution is -0.128. The number of hydrogen-bond donors (Lipinski definition) is 1. The van der Waals surface area contributed by atoms with Gasteiger partial charge in [0, 0.05) is 42.9 Å². The van der Waals surface area contributed by atoms with Crippen LogP contribution in [0.15, 0.2) is 47.4 Å². The van der Waals surface area contributed by atoms with E-state index in [2.05, 4.69) is 10.2 Å². The Kier molecular flexibility index (Phi) is 8.24. The number of amides is 1. The molecule has 4 rings (SSSR count). The molecule has 2 aromatic carbocycles. The summed E-state index contributed by atoms with van der Waals surface area (Å²) in [5.41, 5.74) is 2.15. The van der Waals surface area contributed by atoms with Gasteiger partial charge in [0.1, 0.15) is 5.75 Å². The SMILES string of the molecule is Cc1ccc(Cl)cc1N1CCN(S(=O)(=O)c2ccc(O[C@H](C)C(=O)NC3CCCCC3)cc2)CC1. The molecule has 1 amide bonds. The van der Waals surface area contributed by atoms with E-state index in [4.69, 9.17) is 16.3 Å². The van der Waals surface area contributed by atoms with Gasteiger partial charge in [-0.3, -0.25) is 4.79 Å². The van der Waals surface area contributed by atoms with Crippen molar-refractivity contribution in [3.05, 3.63) is 53.1 Å². The first kappa shape index (κ1) is 25.8. The largest absolute Gasteiger partial charge is 0.481 e. The van der Waals surface area contributed by atoms with Crippen LogP contribution in [0.5, 0.6) is 5.75 Å². The Hall–Kier alpha value is -2.29. The standard InChI is InChI=1S/C26H34ClN3O4S/c1-19-8-9-21(27)18-25(19)29-14-16-30(17-15-29)35(32,33)24-12-10-23(11-13-24)34-20(2)26(31)28-22-6-4-3-5-7-22/h8-13,18,20,22H,3-7,14-17H2,1-2H3,(H,28,31)/t20-/m1/s1. The zero-order valence-electron chi connectivity index (χ0n) is 20.4. The van der Waals surface area contributed by atoms with E-state index in [1.165, 1.54) is 10.7 Å². The zero-order chi connectivity index (χ0) is 25.0. The average molecular weight is 520 g/mol. The summed E-state index contributed by atoms with van der Waals surface area (Å²) in [5, 5.41) is 3.73. The smallest absolute Gasteiger partial charge is 0.260 e. The number of hydrogen-bond acceptors (Lipinski definition) is 5. The lowest BCUT2D eigenvalue weighted by Gasteiger charge is -2.36. The van der Waals surface area contributed by atoms with Crippen LogP contribution in [-0.2, 0) is 14.8 Å². The quantitative estimate of drug-likeness (QED) is 0.587. The minimum absolute atomic E-state index is 0.138. The topological polar surface area (TPSA) is 79.0 Å². The van der Waals surface area contributed by atoms with E-state index in [1.807, 2.05) is 25.1 Å². The van der Waals surface area contributed by atoms with Crippen LogP contribution in [0.25, 0.3) is 0 Å². The van der Waals surface area contributed by atoms with E-state index in [0.29, 0.717) is 37.0 Å². The first-order valence-corrected chi connectivity index (χ1v) is 14.1. The number of carbonyl (C=O) groups excluding carboxylic acids is 1. The summed E-state index contributed by atoms with van der Waals surface area (Å²) in [4.78, 5) is 14.9. The maximum absolute atomic E-state index is 13.2. The third-order valence-corrected chi connectivity index (χ3v) is 8.99. The summed E-state index contributed by atoms with van der Waals surface area (Å²) in [7, 11) is -3.62. The molecular weight excluding hydrogens is 486 g/mol. The van der Waals surface area contributed by atoms with Crippen LogP contribution in [0.3, 0.4) is 0 Å². The van der Waals surface area contributed by atoms with Crippen LogP contribution < -0.4 is 15.0 Å². The molecule has 35 heavy (non-hydrogen) atoms. The minimum Gasteiger partial charge on any atom is -0.481 e. The number of rotatable bonds is 7. The fraction of sp³-hybridized carbons (Fsp3) is 0.500. The number of piperazine rings is 1. The van der Waals surface area contributed by atoms with Gasteiger partial charge in [0.2, 0.25) is 10.0 Å². The van der Waals surface area contributed by atoms with E-state index in [0.717, 1.165) is 36.9 Å². The monoisotopic (exact) mass is 519 g/mol. The van der Waals surface area contributed by atoms with Crippen molar-refractivity contribution in [1.29, 1.82) is 0 Å². The van der Waals surface area contributed by atoms with Crippen LogP contribution >= 0.6 is 11.6 Å². The molecule has 7 nitrogen and oxygen atoms in total. The van der Waals surface area contributed by atoms with Crippen molar-refractivity contribution >= 4 is 33.2 Å². The van der Waals surface area contributed by atoms with Gasteiger partial charge in [-0.1, -0.05) is 36.9 Å². The minimum atomic E-state index is -3.62. The molecule has 2 aliphatic rings. The van der Waals surface area contributed by atoms with Crippen LogP contribution in [-0.4, -0.2) is 57.0 Å². The Bertz CT molecular complexity index is 1130. The number of nitrogens with one attached hydrogen (secondary N) is 1. The fourth-order valence-electron chi connectivity index (χ4n) is 4.75. The molecule has 1 saturated carbocycles. The van der Waals surface area contributed by atoms with E-state index >= 15 is 0 Å². The highest BCUT2D eigenvalue weighted by Crippen LogP contribution is 2.27. The van der Waals surface area contributed by atoms with Crippen molar-refractivity contribution in [2.24, 2.45) is 0 Å². The van der Waals surface area contributed by atoms with Crippen molar-refractivity contribution in [2.75, 3.05) is 31.1 Å². The first-order chi connectivity index (χ1) is 16.7. The fourth-order valence-corrected chi connectivity index (χ4v) is 6.34. The molecule has 190 valence electrons. The van der Waals surface area contributed by atoms with Crippen molar-refractivity contribution < 1.29 is 17.9 Å². The summed E-state index contributed by atoms with van der Waals surface area (Å²) in [6.45, 7) is 5.71. The second-order valence-electron chi connectivity index (χ2n) is 9.40. The highest BCUT2D eigenvalue weighted by molar-refractivity contribution is 7.89. The molecule has 1 aliphatic carbocycles. The summed E-state index contributed by atoms with van der Waals surface area (Å²) in [6.07, 6.45) is 4.89. The summed E-state index contributed by atoms with van der Waals surface area (Å²) in [5.74, 6) is 0.331.